The predicted molar refractivity (Wildman–Crippen MR) is 99.4 cm³/mol. The van der Waals surface area contributed by atoms with Crippen molar-refractivity contribution in [2.45, 2.75) is 17.9 Å². The summed E-state index contributed by atoms with van der Waals surface area (Å²) >= 11 is 7.25. The van der Waals surface area contributed by atoms with Crippen LogP contribution in [-0.4, -0.2) is 40.2 Å². The van der Waals surface area contributed by atoms with Crippen LogP contribution >= 0.6 is 23.4 Å². The van der Waals surface area contributed by atoms with E-state index < -0.39 is 0 Å². The van der Waals surface area contributed by atoms with Crippen molar-refractivity contribution in [1.29, 1.82) is 0 Å². The van der Waals surface area contributed by atoms with Gasteiger partial charge in [-0.1, -0.05) is 11.6 Å². The van der Waals surface area contributed by atoms with Crippen molar-refractivity contribution in [3.8, 4) is 0 Å². The van der Waals surface area contributed by atoms with Crippen molar-refractivity contribution >= 4 is 46.9 Å². The third-order valence-electron chi connectivity index (χ3n) is 3.03. The molecule has 1 atom stereocenters. The van der Waals surface area contributed by atoms with Gasteiger partial charge in [0.2, 0.25) is 17.8 Å². The van der Waals surface area contributed by atoms with Crippen molar-refractivity contribution in [3.63, 3.8) is 0 Å². The third-order valence-corrected chi connectivity index (χ3v) is 4.42. The van der Waals surface area contributed by atoms with Crippen LogP contribution in [0.2, 0.25) is 5.02 Å². The summed E-state index contributed by atoms with van der Waals surface area (Å²) in [5.41, 5.74) is 6.39. The summed E-state index contributed by atoms with van der Waals surface area (Å²) in [5.74, 6) is 1.57. The Bertz CT molecular complexity index is 710. The van der Waals surface area contributed by atoms with Crippen LogP contribution in [0, 0.1) is 0 Å². The van der Waals surface area contributed by atoms with Crippen molar-refractivity contribution in [3.05, 3.63) is 35.1 Å². The fourth-order valence-corrected chi connectivity index (χ4v) is 2.61. The van der Waals surface area contributed by atoms with Gasteiger partial charge in [-0.25, -0.2) is 0 Å². The molecule has 0 saturated heterocycles. The van der Waals surface area contributed by atoms with Crippen molar-refractivity contribution in [1.82, 2.24) is 15.0 Å². The van der Waals surface area contributed by atoms with Gasteiger partial charge < -0.3 is 16.0 Å². The molecule has 0 aliphatic heterocycles. The van der Waals surface area contributed by atoms with Crippen molar-refractivity contribution < 1.29 is 4.79 Å². The minimum atomic E-state index is -0.276. The summed E-state index contributed by atoms with van der Waals surface area (Å²) < 4.78 is 0. The van der Waals surface area contributed by atoms with E-state index in [1.165, 1.54) is 11.8 Å². The number of hydrogen-bond acceptors (Lipinski definition) is 7. The van der Waals surface area contributed by atoms with E-state index in [4.69, 9.17) is 17.3 Å². The van der Waals surface area contributed by atoms with E-state index in [9.17, 15) is 4.79 Å². The van der Waals surface area contributed by atoms with Gasteiger partial charge in [0, 0.05) is 24.8 Å². The molecule has 1 amide bonds. The Labute approximate surface area is 150 Å². The lowest BCUT2D eigenvalue weighted by Crippen LogP contribution is -2.23. The maximum atomic E-state index is 12.2. The number of nitrogen functional groups attached to an aromatic ring is 1. The van der Waals surface area contributed by atoms with Crippen molar-refractivity contribution in [2.75, 3.05) is 30.0 Å². The Hall–Kier alpha value is -2.06. The molecule has 1 heterocycles. The molecular formula is C15H19ClN6OS. The summed E-state index contributed by atoms with van der Waals surface area (Å²) in [6, 6.07) is 6.97. The molecule has 3 N–H and O–H groups in total. The molecule has 0 unspecified atom stereocenters. The molecule has 128 valence electrons. The van der Waals surface area contributed by atoms with Gasteiger partial charge >= 0.3 is 0 Å². The van der Waals surface area contributed by atoms with E-state index in [2.05, 4.69) is 20.3 Å². The standard InChI is InChI=1S/C15H19ClN6OS/c1-9(13(23)18-11-6-4-10(16)5-7-11)24-8-12-19-14(17)21-15(20-12)22(2)3/h4-7,9H,8H2,1-3H3,(H,18,23)(H2,17,19,20,21)/t9-/m1/s1. The van der Waals surface area contributed by atoms with E-state index in [-0.39, 0.29) is 17.1 Å². The second-order valence-electron chi connectivity index (χ2n) is 5.25. The molecule has 0 saturated carbocycles. The zero-order valence-corrected chi connectivity index (χ0v) is 15.2. The van der Waals surface area contributed by atoms with Gasteiger partial charge in [0.15, 0.2) is 0 Å². The number of amides is 1. The topological polar surface area (TPSA) is 97.0 Å². The number of aromatic nitrogens is 3. The predicted octanol–water partition coefficient (Wildman–Crippen LogP) is 2.43. The molecule has 0 fully saturated rings. The van der Waals surface area contributed by atoms with Crippen LogP contribution in [0.4, 0.5) is 17.6 Å². The number of anilines is 3. The summed E-state index contributed by atoms with van der Waals surface area (Å²) in [6.45, 7) is 1.83. The van der Waals surface area contributed by atoms with E-state index >= 15 is 0 Å². The highest BCUT2D eigenvalue weighted by molar-refractivity contribution is 7.99. The van der Waals surface area contributed by atoms with Gasteiger partial charge in [-0.05, 0) is 31.2 Å². The molecule has 2 rings (SSSR count). The lowest BCUT2D eigenvalue weighted by Gasteiger charge is -2.13. The molecule has 2 aromatic rings. The third kappa shape index (κ3) is 5.24. The zero-order chi connectivity index (χ0) is 17.7. The lowest BCUT2D eigenvalue weighted by atomic mass is 10.3. The largest absolute Gasteiger partial charge is 0.368 e. The lowest BCUT2D eigenvalue weighted by molar-refractivity contribution is -0.115. The number of halogens is 1. The number of carbonyl (C=O) groups excluding carboxylic acids is 1. The highest BCUT2D eigenvalue weighted by Gasteiger charge is 2.15. The van der Waals surface area contributed by atoms with Gasteiger partial charge in [0.1, 0.15) is 5.82 Å². The van der Waals surface area contributed by atoms with Crippen LogP contribution in [0.5, 0.6) is 0 Å². The van der Waals surface area contributed by atoms with Crippen LogP contribution < -0.4 is 16.0 Å². The minimum Gasteiger partial charge on any atom is -0.368 e. The molecule has 9 heteroatoms. The Kier molecular flexibility index (Phi) is 6.22. The van der Waals surface area contributed by atoms with Gasteiger partial charge in [-0.3, -0.25) is 4.79 Å². The Morgan fingerprint density at radius 1 is 1.29 bits per heavy atom. The number of nitrogens with two attached hydrogens (primary N) is 1. The average Bonchev–Trinajstić information content (AvgIpc) is 2.54. The molecule has 0 aliphatic carbocycles. The Balaban J connectivity index is 1.93. The molecule has 0 spiro atoms. The number of rotatable bonds is 6. The SMILES string of the molecule is C[C@@H](SCc1nc(N)nc(N(C)C)n1)C(=O)Nc1ccc(Cl)cc1. The maximum Gasteiger partial charge on any atom is 0.237 e. The smallest absolute Gasteiger partial charge is 0.237 e. The van der Waals surface area contributed by atoms with Crippen LogP contribution in [-0.2, 0) is 10.5 Å². The van der Waals surface area contributed by atoms with E-state index in [1.807, 2.05) is 21.0 Å². The second kappa shape index (κ2) is 8.16. The fourth-order valence-electron chi connectivity index (χ4n) is 1.74. The first-order valence-electron chi connectivity index (χ1n) is 7.21. The van der Waals surface area contributed by atoms with Gasteiger partial charge in [0.25, 0.3) is 0 Å². The molecular weight excluding hydrogens is 348 g/mol. The number of nitrogens with one attached hydrogen (secondary N) is 1. The molecule has 0 aliphatic rings. The fraction of sp³-hybridized carbons (Fsp3) is 0.333. The Morgan fingerprint density at radius 3 is 2.58 bits per heavy atom. The maximum absolute atomic E-state index is 12.2. The first kappa shape index (κ1) is 18.3. The molecule has 1 aromatic carbocycles. The van der Waals surface area contributed by atoms with E-state index in [1.54, 1.807) is 29.2 Å². The van der Waals surface area contributed by atoms with Gasteiger partial charge in [-0.15, -0.1) is 11.8 Å². The van der Waals surface area contributed by atoms with Crippen LogP contribution in [0.25, 0.3) is 0 Å². The summed E-state index contributed by atoms with van der Waals surface area (Å²) in [4.78, 5) is 26.4. The highest BCUT2D eigenvalue weighted by Crippen LogP contribution is 2.20. The number of benzene rings is 1. The number of thioether (sulfide) groups is 1. The summed E-state index contributed by atoms with van der Waals surface area (Å²) in [6.07, 6.45) is 0. The van der Waals surface area contributed by atoms with Crippen molar-refractivity contribution in [2.24, 2.45) is 0 Å². The minimum absolute atomic E-state index is 0.0998. The molecule has 7 nitrogen and oxygen atoms in total. The van der Waals surface area contributed by atoms with E-state index in [0.717, 1.165) is 0 Å². The zero-order valence-electron chi connectivity index (χ0n) is 13.7. The summed E-state index contributed by atoms with van der Waals surface area (Å²) in [7, 11) is 3.65. The first-order valence-corrected chi connectivity index (χ1v) is 8.63. The molecule has 0 bridgehead atoms. The van der Waals surface area contributed by atoms with Crippen LogP contribution in [0.3, 0.4) is 0 Å². The number of carbonyl (C=O) groups is 1. The van der Waals surface area contributed by atoms with Crippen LogP contribution in [0.1, 0.15) is 12.7 Å². The first-order chi connectivity index (χ1) is 11.3. The second-order valence-corrected chi connectivity index (χ2v) is 7.02. The monoisotopic (exact) mass is 366 g/mol. The average molecular weight is 367 g/mol. The Morgan fingerprint density at radius 2 is 1.96 bits per heavy atom. The number of hydrogen-bond donors (Lipinski definition) is 2. The van der Waals surface area contributed by atoms with Gasteiger partial charge in [-0.2, -0.15) is 15.0 Å². The molecule has 24 heavy (non-hydrogen) atoms. The molecule has 0 radical (unpaired) electrons. The van der Waals surface area contributed by atoms with Crippen LogP contribution in [0.15, 0.2) is 24.3 Å². The molecule has 1 aromatic heterocycles. The summed E-state index contributed by atoms with van der Waals surface area (Å²) in [5, 5.41) is 3.19. The van der Waals surface area contributed by atoms with E-state index in [0.29, 0.717) is 28.2 Å². The van der Waals surface area contributed by atoms with Gasteiger partial charge in [0.05, 0.1) is 11.0 Å². The highest BCUT2D eigenvalue weighted by atomic mass is 35.5. The normalized spacial score (nSPS) is 11.8. The number of nitrogens with zero attached hydrogens (tertiary/aromatic N) is 4. The quantitative estimate of drug-likeness (QED) is 0.810.